The average Bonchev–Trinajstić information content (AvgIpc) is 3.48. The zero-order chi connectivity index (χ0) is 22.2. The van der Waals surface area contributed by atoms with Gasteiger partial charge >= 0.3 is 0 Å². The molecule has 0 spiro atoms. The van der Waals surface area contributed by atoms with E-state index in [0.717, 1.165) is 33.4 Å². The fourth-order valence-electron chi connectivity index (χ4n) is 4.09. The molecular weight excluding hydrogens is 426 g/mol. The number of aromatic nitrogens is 2. The van der Waals surface area contributed by atoms with E-state index in [-0.39, 0.29) is 5.91 Å². The third kappa shape index (κ3) is 3.69. The van der Waals surface area contributed by atoms with Gasteiger partial charge in [-0.25, -0.2) is 4.98 Å². The van der Waals surface area contributed by atoms with Gasteiger partial charge in [-0.1, -0.05) is 72.8 Å². The highest BCUT2D eigenvalue weighted by molar-refractivity contribution is 7.14. The predicted molar refractivity (Wildman–Crippen MR) is 137 cm³/mol. The molecule has 6 rings (SSSR count). The van der Waals surface area contributed by atoms with Crippen LogP contribution >= 0.6 is 11.3 Å². The number of hydrogen-bond donors (Lipinski definition) is 2. The summed E-state index contributed by atoms with van der Waals surface area (Å²) in [4.78, 5) is 20.8. The number of nitrogens with zero attached hydrogens (tertiary/aromatic N) is 1. The summed E-state index contributed by atoms with van der Waals surface area (Å²) < 4.78 is 0. The first-order chi connectivity index (χ1) is 16.2. The van der Waals surface area contributed by atoms with Crippen molar-refractivity contribution in [1.82, 2.24) is 9.97 Å². The number of nitrogens with one attached hydrogen (secondary N) is 2. The molecule has 0 radical (unpaired) electrons. The van der Waals surface area contributed by atoms with Crippen molar-refractivity contribution < 1.29 is 4.79 Å². The molecular formula is C28H19N3OS. The van der Waals surface area contributed by atoms with E-state index < -0.39 is 0 Å². The van der Waals surface area contributed by atoms with Gasteiger partial charge in [0, 0.05) is 38.3 Å². The van der Waals surface area contributed by atoms with Crippen LogP contribution in [0.2, 0.25) is 0 Å². The maximum Gasteiger partial charge on any atom is 0.257 e. The van der Waals surface area contributed by atoms with Crippen molar-refractivity contribution in [3.8, 4) is 22.4 Å². The standard InChI is InChI=1S/C28H19N3OS/c32-27(20-12-10-19(11-13-20)18-6-2-1-3-7-18)31-28-30-26(17-33-28)21-14-15-23-22-8-4-5-9-24(22)29-25(23)16-21/h1-17,29H,(H,30,31,32). The molecule has 158 valence electrons. The number of amides is 1. The van der Waals surface area contributed by atoms with Crippen molar-refractivity contribution >= 4 is 44.2 Å². The number of para-hydroxylation sites is 1. The Morgan fingerprint density at radius 1 is 0.727 bits per heavy atom. The molecule has 0 aliphatic rings. The monoisotopic (exact) mass is 445 g/mol. The molecule has 2 N–H and O–H groups in total. The largest absolute Gasteiger partial charge is 0.354 e. The quantitative estimate of drug-likeness (QED) is 0.298. The summed E-state index contributed by atoms with van der Waals surface area (Å²) in [7, 11) is 0. The minimum atomic E-state index is -0.165. The SMILES string of the molecule is O=C(Nc1nc(-c2ccc3c(c2)[nH]c2ccccc23)cs1)c1ccc(-c2ccccc2)cc1. The molecule has 1 amide bonds. The summed E-state index contributed by atoms with van der Waals surface area (Å²) in [6.45, 7) is 0. The predicted octanol–water partition coefficient (Wildman–Crippen LogP) is 7.36. The van der Waals surface area contributed by atoms with E-state index in [4.69, 9.17) is 0 Å². The Hall–Kier alpha value is -4.22. The van der Waals surface area contributed by atoms with Gasteiger partial charge in [0.05, 0.1) is 5.69 Å². The maximum atomic E-state index is 12.7. The number of anilines is 1. The minimum absolute atomic E-state index is 0.165. The van der Waals surface area contributed by atoms with E-state index in [0.29, 0.717) is 10.7 Å². The van der Waals surface area contributed by atoms with Crippen LogP contribution < -0.4 is 5.32 Å². The number of benzene rings is 4. The van der Waals surface area contributed by atoms with Crippen LogP contribution in [0.25, 0.3) is 44.2 Å². The van der Waals surface area contributed by atoms with Gasteiger partial charge in [0.2, 0.25) is 0 Å². The third-order valence-electron chi connectivity index (χ3n) is 5.78. The van der Waals surface area contributed by atoms with Crippen LogP contribution in [0.4, 0.5) is 5.13 Å². The topological polar surface area (TPSA) is 57.8 Å². The molecule has 2 aromatic heterocycles. The lowest BCUT2D eigenvalue weighted by Gasteiger charge is -2.04. The Morgan fingerprint density at radius 2 is 1.42 bits per heavy atom. The summed E-state index contributed by atoms with van der Waals surface area (Å²) in [6, 6.07) is 32.3. The number of H-pyrrole nitrogens is 1. The number of hydrogen-bond acceptors (Lipinski definition) is 3. The average molecular weight is 446 g/mol. The number of aromatic amines is 1. The molecule has 33 heavy (non-hydrogen) atoms. The second kappa shape index (κ2) is 8.04. The van der Waals surface area contributed by atoms with Gasteiger partial charge in [0.25, 0.3) is 5.91 Å². The van der Waals surface area contributed by atoms with Crippen molar-refractivity contribution in [3.63, 3.8) is 0 Å². The van der Waals surface area contributed by atoms with Crippen molar-refractivity contribution in [2.75, 3.05) is 5.32 Å². The molecule has 0 saturated carbocycles. The van der Waals surface area contributed by atoms with Gasteiger partial charge in [0.15, 0.2) is 5.13 Å². The molecule has 0 aliphatic carbocycles. The summed E-state index contributed by atoms with van der Waals surface area (Å²) in [5.41, 5.74) is 6.86. The normalized spacial score (nSPS) is 11.2. The van der Waals surface area contributed by atoms with Gasteiger partial charge in [-0.2, -0.15) is 0 Å². The highest BCUT2D eigenvalue weighted by Gasteiger charge is 2.12. The smallest absolute Gasteiger partial charge is 0.257 e. The van der Waals surface area contributed by atoms with Crippen LogP contribution in [-0.2, 0) is 0 Å². The van der Waals surface area contributed by atoms with Crippen LogP contribution in [0.15, 0.2) is 102 Å². The van der Waals surface area contributed by atoms with E-state index in [9.17, 15) is 4.79 Å². The highest BCUT2D eigenvalue weighted by Crippen LogP contribution is 2.31. The fourth-order valence-corrected chi connectivity index (χ4v) is 4.81. The Balaban J connectivity index is 1.21. The van der Waals surface area contributed by atoms with Gasteiger partial charge in [-0.05, 0) is 35.4 Å². The van der Waals surface area contributed by atoms with E-state index in [1.165, 1.54) is 22.1 Å². The van der Waals surface area contributed by atoms with Crippen LogP contribution in [-0.4, -0.2) is 15.9 Å². The van der Waals surface area contributed by atoms with Crippen molar-refractivity contribution in [2.45, 2.75) is 0 Å². The molecule has 4 aromatic carbocycles. The Morgan fingerprint density at radius 3 is 2.27 bits per heavy atom. The molecule has 0 unspecified atom stereocenters. The summed E-state index contributed by atoms with van der Waals surface area (Å²) >= 11 is 1.42. The van der Waals surface area contributed by atoms with Crippen LogP contribution in [0.3, 0.4) is 0 Å². The first-order valence-electron chi connectivity index (χ1n) is 10.7. The lowest BCUT2D eigenvalue weighted by atomic mass is 10.0. The fraction of sp³-hybridized carbons (Fsp3) is 0. The van der Waals surface area contributed by atoms with Crippen LogP contribution in [0.5, 0.6) is 0 Å². The van der Waals surface area contributed by atoms with E-state index in [1.54, 1.807) is 0 Å². The van der Waals surface area contributed by atoms with Gasteiger partial charge < -0.3 is 4.98 Å². The molecule has 6 aromatic rings. The first kappa shape index (κ1) is 19.5. The number of fused-ring (bicyclic) bond motifs is 3. The third-order valence-corrected chi connectivity index (χ3v) is 6.54. The Kier molecular flexibility index (Phi) is 4.74. The highest BCUT2D eigenvalue weighted by atomic mass is 32.1. The van der Waals surface area contributed by atoms with Gasteiger partial charge in [0.1, 0.15) is 0 Å². The summed E-state index contributed by atoms with van der Waals surface area (Å²) in [5, 5.41) is 7.88. The summed E-state index contributed by atoms with van der Waals surface area (Å²) in [6.07, 6.45) is 0. The Labute approximate surface area is 194 Å². The molecule has 5 heteroatoms. The van der Waals surface area contributed by atoms with Crippen molar-refractivity contribution in [3.05, 3.63) is 108 Å². The Bertz CT molecular complexity index is 1600. The van der Waals surface area contributed by atoms with E-state index >= 15 is 0 Å². The molecule has 0 fully saturated rings. The zero-order valence-corrected chi connectivity index (χ0v) is 18.4. The number of rotatable bonds is 4. The number of carbonyl (C=O) groups is 1. The zero-order valence-electron chi connectivity index (χ0n) is 17.6. The number of carbonyl (C=O) groups excluding carboxylic acids is 1. The minimum Gasteiger partial charge on any atom is -0.354 e. The molecule has 4 nitrogen and oxygen atoms in total. The number of thiazole rings is 1. The summed E-state index contributed by atoms with van der Waals surface area (Å²) in [5.74, 6) is -0.165. The lowest BCUT2D eigenvalue weighted by molar-refractivity contribution is 0.102. The van der Waals surface area contributed by atoms with Crippen LogP contribution in [0, 0.1) is 0 Å². The lowest BCUT2D eigenvalue weighted by Crippen LogP contribution is -2.11. The molecule has 0 bridgehead atoms. The van der Waals surface area contributed by atoms with Gasteiger partial charge in [-0.3, -0.25) is 10.1 Å². The molecule has 0 saturated heterocycles. The van der Waals surface area contributed by atoms with E-state index in [2.05, 4.69) is 57.7 Å². The van der Waals surface area contributed by atoms with E-state index in [1.807, 2.05) is 60.0 Å². The second-order valence-electron chi connectivity index (χ2n) is 7.87. The second-order valence-corrected chi connectivity index (χ2v) is 8.72. The maximum absolute atomic E-state index is 12.7. The molecule has 2 heterocycles. The van der Waals surface area contributed by atoms with Crippen molar-refractivity contribution in [2.24, 2.45) is 0 Å². The molecule has 0 aliphatic heterocycles. The van der Waals surface area contributed by atoms with Crippen LogP contribution in [0.1, 0.15) is 10.4 Å². The van der Waals surface area contributed by atoms with Gasteiger partial charge in [-0.15, -0.1) is 11.3 Å². The first-order valence-corrected chi connectivity index (χ1v) is 11.6. The molecule has 0 atom stereocenters. The van der Waals surface area contributed by atoms with Crippen molar-refractivity contribution in [1.29, 1.82) is 0 Å².